The van der Waals surface area contributed by atoms with E-state index in [9.17, 15) is 9.59 Å². The van der Waals surface area contributed by atoms with Crippen LogP contribution in [-0.2, 0) is 16.0 Å². The number of hydrogen-bond donors (Lipinski definition) is 0. The molecule has 3 heteroatoms. The van der Waals surface area contributed by atoms with Gasteiger partial charge in [0.1, 0.15) is 17.5 Å². The molecule has 2 rings (SSSR count). The van der Waals surface area contributed by atoms with Crippen molar-refractivity contribution in [2.75, 3.05) is 0 Å². The number of ketones is 2. The number of carbonyl (C=O) groups is 2. The van der Waals surface area contributed by atoms with Crippen LogP contribution in [0.5, 0.6) is 0 Å². The van der Waals surface area contributed by atoms with Gasteiger partial charge in [0.05, 0.1) is 5.69 Å². The molecule has 1 saturated carbocycles. The van der Waals surface area contributed by atoms with Crippen molar-refractivity contribution in [2.24, 2.45) is 22.2 Å². The van der Waals surface area contributed by atoms with Crippen molar-refractivity contribution >= 4 is 23.0 Å². The standard InChI is InChI=1S/C21H29NO2/c1-6-15-7-9-16(10-8-15)22-17(11-14(2)3)20-18(23)12-21(4,5)13-19(20)24/h7-10,14,20H,6,11-13H2,1-5H3. The molecule has 1 aliphatic rings. The van der Waals surface area contributed by atoms with Crippen LogP contribution in [0.3, 0.4) is 0 Å². The van der Waals surface area contributed by atoms with E-state index in [1.54, 1.807) is 0 Å². The molecule has 0 aliphatic heterocycles. The highest BCUT2D eigenvalue weighted by atomic mass is 16.2. The van der Waals surface area contributed by atoms with Gasteiger partial charge in [0.2, 0.25) is 0 Å². The van der Waals surface area contributed by atoms with Crippen LogP contribution in [0.15, 0.2) is 29.3 Å². The number of hydrogen-bond acceptors (Lipinski definition) is 3. The number of Topliss-reactive ketones (excluding diaryl/α,β-unsaturated/α-hetero) is 2. The van der Waals surface area contributed by atoms with Crippen LogP contribution in [0.1, 0.15) is 59.4 Å². The van der Waals surface area contributed by atoms with E-state index in [0.717, 1.165) is 17.8 Å². The third-order valence-electron chi connectivity index (χ3n) is 4.52. The van der Waals surface area contributed by atoms with Gasteiger partial charge in [-0.15, -0.1) is 0 Å². The second-order valence-corrected chi connectivity index (χ2v) is 8.10. The molecule has 130 valence electrons. The first-order valence-corrected chi connectivity index (χ1v) is 8.93. The van der Waals surface area contributed by atoms with Crippen molar-refractivity contribution in [3.63, 3.8) is 0 Å². The molecule has 0 unspecified atom stereocenters. The summed E-state index contributed by atoms with van der Waals surface area (Å²) in [6.07, 6.45) is 2.57. The molecular formula is C21H29NO2. The molecule has 0 saturated heterocycles. The van der Waals surface area contributed by atoms with Crippen LogP contribution in [0.2, 0.25) is 0 Å². The highest BCUT2D eigenvalue weighted by Crippen LogP contribution is 2.35. The summed E-state index contributed by atoms with van der Waals surface area (Å²) >= 11 is 0. The van der Waals surface area contributed by atoms with Crippen molar-refractivity contribution in [3.8, 4) is 0 Å². The maximum Gasteiger partial charge on any atom is 0.149 e. The topological polar surface area (TPSA) is 46.5 Å². The fourth-order valence-corrected chi connectivity index (χ4v) is 3.38. The van der Waals surface area contributed by atoms with E-state index < -0.39 is 5.92 Å². The lowest BCUT2D eigenvalue weighted by molar-refractivity contribution is -0.136. The quantitative estimate of drug-likeness (QED) is 0.568. The monoisotopic (exact) mass is 327 g/mol. The van der Waals surface area contributed by atoms with Gasteiger partial charge in [0.15, 0.2) is 0 Å². The Balaban J connectivity index is 2.35. The van der Waals surface area contributed by atoms with Crippen molar-refractivity contribution in [2.45, 2.75) is 60.3 Å². The molecule has 3 nitrogen and oxygen atoms in total. The maximum absolute atomic E-state index is 12.6. The summed E-state index contributed by atoms with van der Waals surface area (Å²) in [7, 11) is 0. The van der Waals surface area contributed by atoms with Crippen molar-refractivity contribution in [3.05, 3.63) is 29.8 Å². The summed E-state index contributed by atoms with van der Waals surface area (Å²) in [5, 5.41) is 0. The lowest BCUT2D eigenvalue weighted by atomic mass is 9.69. The van der Waals surface area contributed by atoms with E-state index >= 15 is 0 Å². The average molecular weight is 327 g/mol. The number of aryl methyl sites for hydroxylation is 1. The lowest BCUT2D eigenvalue weighted by Gasteiger charge is -2.32. The third-order valence-corrected chi connectivity index (χ3v) is 4.52. The molecule has 0 spiro atoms. The van der Waals surface area contributed by atoms with Gasteiger partial charge in [0, 0.05) is 18.6 Å². The van der Waals surface area contributed by atoms with E-state index in [0.29, 0.717) is 25.2 Å². The molecule has 0 bridgehead atoms. The highest BCUT2D eigenvalue weighted by Gasteiger charge is 2.42. The summed E-state index contributed by atoms with van der Waals surface area (Å²) in [6, 6.07) is 8.06. The fourth-order valence-electron chi connectivity index (χ4n) is 3.38. The maximum atomic E-state index is 12.6. The lowest BCUT2D eigenvalue weighted by Crippen LogP contribution is -2.42. The van der Waals surface area contributed by atoms with Crippen molar-refractivity contribution in [1.82, 2.24) is 0 Å². The van der Waals surface area contributed by atoms with Gasteiger partial charge >= 0.3 is 0 Å². The minimum atomic E-state index is -0.647. The smallest absolute Gasteiger partial charge is 0.149 e. The molecule has 0 amide bonds. The van der Waals surface area contributed by atoms with Gasteiger partial charge in [-0.05, 0) is 41.9 Å². The van der Waals surface area contributed by atoms with Crippen LogP contribution in [0.4, 0.5) is 5.69 Å². The Kier molecular flexibility index (Phi) is 5.74. The molecule has 0 aromatic heterocycles. The molecule has 0 heterocycles. The first-order valence-electron chi connectivity index (χ1n) is 8.93. The number of rotatable bonds is 5. The molecule has 1 aromatic rings. The molecule has 0 atom stereocenters. The SMILES string of the molecule is CCc1ccc(N=C(CC(C)C)C2C(=O)CC(C)(C)CC2=O)cc1. The first kappa shape index (κ1) is 18.6. The molecule has 1 aromatic carbocycles. The van der Waals surface area contributed by atoms with Crippen LogP contribution >= 0.6 is 0 Å². The summed E-state index contributed by atoms with van der Waals surface area (Å²) in [5.74, 6) is -0.234. The van der Waals surface area contributed by atoms with Gasteiger partial charge in [-0.1, -0.05) is 46.8 Å². The normalized spacial score (nSPS) is 19.2. The Morgan fingerprint density at radius 3 is 2.12 bits per heavy atom. The van der Waals surface area contributed by atoms with Crippen LogP contribution in [0.25, 0.3) is 0 Å². The third kappa shape index (κ3) is 4.62. The predicted octanol–water partition coefficient (Wildman–Crippen LogP) is 4.94. The number of nitrogens with zero attached hydrogens (tertiary/aromatic N) is 1. The van der Waals surface area contributed by atoms with E-state index in [1.165, 1.54) is 5.56 Å². The molecule has 0 N–H and O–H groups in total. The molecule has 0 radical (unpaired) electrons. The Labute approximate surface area is 145 Å². The van der Waals surface area contributed by atoms with Crippen molar-refractivity contribution in [1.29, 1.82) is 0 Å². The van der Waals surface area contributed by atoms with Gasteiger partial charge in [0.25, 0.3) is 0 Å². The van der Waals surface area contributed by atoms with E-state index in [4.69, 9.17) is 4.99 Å². The second kappa shape index (κ2) is 7.42. The fraction of sp³-hybridized carbons (Fsp3) is 0.571. The van der Waals surface area contributed by atoms with Gasteiger partial charge < -0.3 is 0 Å². The van der Waals surface area contributed by atoms with E-state index in [2.05, 4.69) is 32.9 Å². The molecule has 1 aliphatic carbocycles. The van der Waals surface area contributed by atoms with Gasteiger partial charge in [-0.25, -0.2) is 0 Å². The summed E-state index contributed by atoms with van der Waals surface area (Å²) < 4.78 is 0. The number of benzene rings is 1. The minimum Gasteiger partial charge on any atom is -0.298 e. The summed E-state index contributed by atoms with van der Waals surface area (Å²) in [5.41, 5.74) is 2.59. The zero-order chi connectivity index (χ0) is 17.9. The minimum absolute atomic E-state index is 0.0285. The Morgan fingerprint density at radius 1 is 1.12 bits per heavy atom. The average Bonchev–Trinajstić information content (AvgIpc) is 2.45. The molecule has 24 heavy (non-hydrogen) atoms. The van der Waals surface area contributed by atoms with E-state index in [1.807, 2.05) is 26.0 Å². The Bertz CT molecular complexity index is 618. The van der Waals surface area contributed by atoms with Crippen LogP contribution in [0, 0.1) is 17.3 Å². The van der Waals surface area contributed by atoms with E-state index in [-0.39, 0.29) is 17.0 Å². The predicted molar refractivity (Wildman–Crippen MR) is 98.9 cm³/mol. The van der Waals surface area contributed by atoms with Crippen molar-refractivity contribution < 1.29 is 9.59 Å². The Morgan fingerprint density at radius 2 is 1.67 bits per heavy atom. The number of carbonyl (C=O) groups excluding carboxylic acids is 2. The summed E-state index contributed by atoms with van der Waals surface area (Å²) in [6.45, 7) is 10.3. The Hall–Kier alpha value is -1.77. The highest BCUT2D eigenvalue weighted by molar-refractivity contribution is 6.22. The largest absolute Gasteiger partial charge is 0.298 e. The first-order chi connectivity index (χ1) is 11.2. The van der Waals surface area contributed by atoms with Gasteiger partial charge in [-0.3, -0.25) is 14.6 Å². The van der Waals surface area contributed by atoms with Gasteiger partial charge in [-0.2, -0.15) is 0 Å². The molecular weight excluding hydrogens is 298 g/mol. The van der Waals surface area contributed by atoms with Crippen LogP contribution < -0.4 is 0 Å². The number of aliphatic imine (C=N–C) groups is 1. The second-order valence-electron chi connectivity index (χ2n) is 8.10. The zero-order valence-corrected chi connectivity index (χ0v) is 15.6. The molecule has 1 fully saturated rings. The van der Waals surface area contributed by atoms with Crippen LogP contribution in [-0.4, -0.2) is 17.3 Å². The zero-order valence-electron chi connectivity index (χ0n) is 15.6. The summed E-state index contributed by atoms with van der Waals surface area (Å²) in [4.78, 5) is 30.0.